The molecule has 1 aliphatic heterocycles. The van der Waals surface area contributed by atoms with Gasteiger partial charge in [-0.15, -0.1) is 0 Å². The highest BCUT2D eigenvalue weighted by Gasteiger charge is 2.52. The summed E-state index contributed by atoms with van der Waals surface area (Å²) in [6.45, 7) is 0.501. The molecule has 4 N–H and O–H groups in total. The molecule has 0 unspecified atom stereocenters. The number of esters is 1. The second-order valence-electron chi connectivity index (χ2n) is 3.23. The molecule has 1 aliphatic rings. The van der Waals surface area contributed by atoms with Gasteiger partial charge in [0.25, 0.3) is 0 Å². The standard InChI is InChI=1S/C7H12O6/c1-7(12)4(9)3(2-8)13-6(11)5(7)10/h3-5,8-10,12H,2H2,1H3/t3-,4-,5+,7-/m1/s1. The van der Waals surface area contributed by atoms with E-state index in [0.29, 0.717) is 0 Å². The van der Waals surface area contributed by atoms with E-state index in [0.717, 1.165) is 6.92 Å². The minimum atomic E-state index is -1.98. The van der Waals surface area contributed by atoms with Crippen molar-refractivity contribution in [3.8, 4) is 0 Å². The summed E-state index contributed by atoms with van der Waals surface area (Å²) < 4.78 is 4.45. The zero-order chi connectivity index (χ0) is 10.2. The van der Waals surface area contributed by atoms with Gasteiger partial charge < -0.3 is 25.2 Å². The van der Waals surface area contributed by atoms with Gasteiger partial charge in [0.15, 0.2) is 12.2 Å². The van der Waals surface area contributed by atoms with Crippen molar-refractivity contribution in [3.63, 3.8) is 0 Å². The molecule has 0 aromatic heterocycles. The van der Waals surface area contributed by atoms with Crippen molar-refractivity contribution in [1.82, 2.24) is 0 Å². The van der Waals surface area contributed by atoms with Crippen LogP contribution in [0.2, 0.25) is 0 Å². The van der Waals surface area contributed by atoms with E-state index in [1.165, 1.54) is 0 Å². The van der Waals surface area contributed by atoms with Gasteiger partial charge in [-0.2, -0.15) is 0 Å². The van der Waals surface area contributed by atoms with E-state index in [4.69, 9.17) is 10.2 Å². The Kier molecular flexibility index (Phi) is 2.58. The molecular formula is C7H12O6. The van der Waals surface area contributed by atoms with Crippen molar-refractivity contribution in [3.05, 3.63) is 0 Å². The molecule has 0 aromatic rings. The lowest BCUT2D eigenvalue weighted by atomic mass is 9.86. The van der Waals surface area contributed by atoms with Gasteiger partial charge in [-0.25, -0.2) is 4.79 Å². The SMILES string of the molecule is C[C@@]1(O)[C@H](O)[C@@H](CO)OC(=O)[C@@H]1O. The smallest absolute Gasteiger partial charge is 0.338 e. The van der Waals surface area contributed by atoms with E-state index < -0.39 is 36.5 Å². The van der Waals surface area contributed by atoms with E-state index in [9.17, 15) is 15.0 Å². The van der Waals surface area contributed by atoms with E-state index >= 15 is 0 Å². The molecule has 1 rings (SSSR count). The average molecular weight is 192 g/mol. The van der Waals surface area contributed by atoms with Crippen molar-refractivity contribution in [2.45, 2.75) is 30.8 Å². The summed E-state index contributed by atoms with van der Waals surface area (Å²) >= 11 is 0. The van der Waals surface area contributed by atoms with Crippen LogP contribution in [0.3, 0.4) is 0 Å². The van der Waals surface area contributed by atoms with Gasteiger partial charge in [0.2, 0.25) is 0 Å². The quantitative estimate of drug-likeness (QED) is 0.339. The molecule has 1 heterocycles. The van der Waals surface area contributed by atoms with Crippen LogP contribution in [0.15, 0.2) is 0 Å². The molecule has 1 fully saturated rings. The monoisotopic (exact) mass is 192 g/mol. The molecule has 76 valence electrons. The third kappa shape index (κ3) is 1.53. The zero-order valence-electron chi connectivity index (χ0n) is 7.04. The van der Waals surface area contributed by atoms with Crippen LogP contribution in [0, 0.1) is 0 Å². The highest BCUT2D eigenvalue weighted by Crippen LogP contribution is 2.25. The second kappa shape index (κ2) is 3.22. The van der Waals surface area contributed by atoms with Crippen LogP contribution in [-0.2, 0) is 9.53 Å². The largest absolute Gasteiger partial charge is 0.455 e. The molecule has 0 bridgehead atoms. The van der Waals surface area contributed by atoms with Gasteiger partial charge >= 0.3 is 5.97 Å². The maximum Gasteiger partial charge on any atom is 0.338 e. The lowest BCUT2D eigenvalue weighted by molar-refractivity contribution is -0.233. The highest BCUT2D eigenvalue weighted by molar-refractivity contribution is 5.77. The zero-order valence-corrected chi connectivity index (χ0v) is 7.04. The van der Waals surface area contributed by atoms with Gasteiger partial charge in [0.05, 0.1) is 6.61 Å². The first-order valence-corrected chi connectivity index (χ1v) is 3.81. The number of ether oxygens (including phenoxy) is 1. The average Bonchev–Trinajstić information content (AvgIpc) is 2.09. The van der Waals surface area contributed by atoms with Gasteiger partial charge in [0.1, 0.15) is 11.7 Å². The Morgan fingerprint density at radius 3 is 2.54 bits per heavy atom. The normalized spacial score (nSPS) is 45.9. The molecule has 1 saturated heterocycles. The molecule has 0 aromatic carbocycles. The van der Waals surface area contributed by atoms with Crippen LogP contribution in [-0.4, -0.2) is 56.9 Å². The summed E-state index contributed by atoms with van der Waals surface area (Å²) in [6, 6.07) is 0. The molecule has 6 nitrogen and oxygen atoms in total. The maximum atomic E-state index is 10.9. The lowest BCUT2D eigenvalue weighted by Crippen LogP contribution is -2.64. The Labute approximate surface area is 74.4 Å². The molecule has 0 spiro atoms. The first-order valence-electron chi connectivity index (χ1n) is 3.81. The second-order valence-corrected chi connectivity index (χ2v) is 3.23. The molecule has 13 heavy (non-hydrogen) atoms. The Morgan fingerprint density at radius 2 is 2.08 bits per heavy atom. The molecule has 4 atom stereocenters. The fourth-order valence-corrected chi connectivity index (χ4v) is 1.19. The summed E-state index contributed by atoms with van der Waals surface area (Å²) in [5.74, 6) is -1.05. The number of rotatable bonds is 1. The van der Waals surface area contributed by atoms with Crippen molar-refractivity contribution in [2.75, 3.05) is 6.61 Å². The first kappa shape index (κ1) is 10.4. The van der Waals surface area contributed by atoms with Crippen LogP contribution < -0.4 is 0 Å². The Balaban J connectivity index is 2.88. The number of carbonyl (C=O) groups excluding carboxylic acids is 1. The molecule has 0 radical (unpaired) electrons. The predicted molar refractivity (Wildman–Crippen MR) is 39.6 cm³/mol. The van der Waals surface area contributed by atoms with Crippen LogP contribution in [0.4, 0.5) is 0 Å². The number of cyclic esters (lactones) is 1. The Hall–Kier alpha value is -0.690. The first-order chi connectivity index (χ1) is 5.91. The van der Waals surface area contributed by atoms with Gasteiger partial charge in [-0.1, -0.05) is 0 Å². The van der Waals surface area contributed by atoms with Crippen molar-refractivity contribution in [1.29, 1.82) is 0 Å². The summed E-state index contributed by atoms with van der Waals surface area (Å²) in [5.41, 5.74) is -1.98. The number of carbonyl (C=O) groups is 1. The highest BCUT2D eigenvalue weighted by atomic mass is 16.6. The summed E-state index contributed by atoms with van der Waals surface area (Å²) in [4.78, 5) is 10.9. The third-order valence-corrected chi connectivity index (χ3v) is 2.18. The van der Waals surface area contributed by atoms with Gasteiger partial charge in [-0.05, 0) is 6.92 Å². The third-order valence-electron chi connectivity index (χ3n) is 2.18. The van der Waals surface area contributed by atoms with Gasteiger partial charge in [0, 0.05) is 0 Å². The molecular weight excluding hydrogens is 180 g/mol. The number of aliphatic hydroxyl groups is 4. The topological polar surface area (TPSA) is 107 Å². The van der Waals surface area contributed by atoms with Crippen LogP contribution in [0.25, 0.3) is 0 Å². The molecule has 0 aliphatic carbocycles. The lowest BCUT2D eigenvalue weighted by Gasteiger charge is -2.40. The number of hydrogen-bond donors (Lipinski definition) is 4. The molecule has 0 amide bonds. The van der Waals surface area contributed by atoms with E-state index in [1.807, 2.05) is 0 Å². The summed E-state index contributed by atoms with van der Waals surface area (Å²) in [5, 5.41) is 36.6. The fraction of sp³-hybridized carbons (Fsp3) is 0.857. The van der Waals surface area contributed by atoms with Crippen LogP contribution in [0.5, 0.6) is 0 Å². The molecule has 0 saturated carbocycles. The minimum Gasteiger partial charge on any atom is -0.455 e. The van der Waals surface area contributed by atoms with E-state index in [1.54, 1.807) is 0 Å². The van der Waals surface area contributed by atoms with E-state index in [2.05, 4.69) is 4.74 Å². The maximum absolute atomic E-state index is 10.9. The fourth-order valence-electron chi connectivity index (χ4n) is 1.19. The molecule has 6 heteroatoms. The Bertz CT molecular complexity index is 213. The van der Waals surface area contributed by atoms with Crippen molar-refractivity contribution in [2.24, 2.45) is 0 Å². The Morgan fingerprint density at radius 1 is 1.54 bits per heavy atom. The minimum absolute atomic E-state index is 0.601. The van der Waals surface area contributed by atoms with Crippen LogP contribution >= 0.6 is 0 Å². The van der Waals surface area contributed by atoms with Crippen molar-refractivity contribution >= 4 is 5.97 Å². The summed E-state index contributed by atoms with van der Waals surface area (Å²) in [7, 11) is 0. The predicted octanol–water partition coefficient (Wildman–Crippen LogP) is -2.62. The van der Waals surface area contributed by atoms with Crippen LogP contribution in [0.1, 0.15) is 6.92 Å². The number of hydrogen-bond acceptors (Lipinski definition) is 6. The van der Waals surface area contributed by atoms with Gasteiger partial charge in [-0.3, -0.25) is 0 Å². The van der Waals surface area contributed by atoms with E-state index in [-0.39, 0.29) is 0 Å². The van der Waals surface area contributed by atoms with Crippen molar-refractivity contribution < 1.29 is 30.0 Å². The number of aliphatic hydroxyl groups excluding tert-OH is 3. The summed E-state index contributed by atoms with van der Waals surface area (Å²) in [6.07, 6.45) is -4.47.